The average Bonchev–Trinajstić information content (AvgIpc) is 2.42. The summed E-state index contributed by atoms with van der Waals surface area (Å²) in [5.74, 6) is 0.239. The first-order valence-electron chi connectivity index (χ1n) is 6.26. The van der Waals surface area contributed by atoms with Gasteiger partial charge >= 0.3 is 6.01 Å². The number of rotatable bonds is 5. The van der Waals surface area contributed by atoms with Crippen molar-refractivity contribution in [2.24, 2.45) is 0 Å². The second-order valence-electron chi connectivity index (χ2n) is 4.27. The molecule has 0 aliphatic heterocycles. The zero-order chi connectivity index (χ0) is 15.4. The van der Waals surface area contributed by atoms with Crippen LogP contribution in [0.4, 0.5) is 11.6 Å². The van der Waals surface area contributed by atoms with Crippen LogP contribution in [0.15, 0.2) is 12.1 Å². The van der Waals surface area contributed by atoms with Crippen LogP contribution in [0, 0.1) is 6.92 Å². The van der Waals surface area contributed by atoms with Gasteiger partial charge in [-0.3, -0.25) is 0 Å². The zero-order valence-corrected chi connectivity index (χ0v) is 13.7. The van der Waals surface area contributed by atoms with Gasteiger partial charge in [-0.25, -0.2) is 0 Å². The van der Waals surface area contributed by atoms with Gasteiger partial charge in [-0.05, 0) is 42.6 Å². The van der Waals surface area contributed by atoms with E-state index in [0.717, 1.165) is 12.0 Å². The molecule has 0 radical (unpaired) electrons. The summed E-state index contributed by atoms with van der Waals surface area (Å²) in [6, 6.07) is 3.61. The summed E-state index contributed by atoms with van der Waals surface area (Å²) in [6.45, 7) is 4.35. The van der Waals surface area contributed by atoms with Crippen LogP contribution in [0.3, 0.4) is 0 Å². The van der Waals surface area contributed by atoms with Crippen LogP contribution in [0.5, 0.6) is 6.01 Å². The second-order valence-corrected chi connectivity index (χ2v) is 5.42. The van der Waals surface area contributed by atoms with E-state index in [0.29, 0.717) is 22.3 Å². The van der Waals surface area contributed by atoms with Gasteiger partial charge in [0, 0.05) is 5.02 Å². The fraction of sp³-hybridized carbons (Fsp3) is 0.308. The third-order valence-electron chi connectivity index (χ3n) is 2.52. The number of anilines is 2. The summed E-state index contributed by atoms with van der Waals surface area (Å²) < 4.78 is 5.34. The van der Waals surface area contributed by atoms with Crippen molar-refractivity contribution in [2.75, 3.05) is 11.9 Å². The van der Waals surface area contributed by atoms with Gasteiger partial charge in [-0.15, -0.1) is 0 Å². The van der Waals surface area contributed by atoms with E-state index in [9.17, 15) is 0 Å². The van der Waals surface area contributed by atoms with E-state index in [2.05, 4.69) is 20.3 Å². The summed E-state index contributed by atoms with van der Waals surface area (Å²) in [5, 5.41) is 4.08. The van der Waals surface area contributed by atoms with Crippen LogP contribution in [0.25, 0.3) is 0 Å². The van der Waals surface area contributed by atoms with E-state index >= 15 is 0 Å². The Labute approximate surface area is 137 Å². The lowest BCUT2D eigenvalue weighted by molar-refractivity contribution is 0.292. The number of hydrogen-bond donors (Lipinski definition) is 1. The fourth-order valence-electron chi connectivity index (χ4n) is 1.51. The lowest BCUT2D eigenvalue weighted by atomic mass is 10.2. The van der Waals surface area contributed by atoms with Gasteiger partial charge in [-0.2, -0.15) is 15.0 Å². The first kappa shape index (κ1) is 16.1. The van der Waals surface area contributed by atoms with E-state index in [4.69, 9.17) is 39.5 Å². The van der Waals surface area contributed by atoms with Crippen LogP contribution < -0.4 is 10.1 Å². The van der Waals surface area contributed by atoms with E-state index in [1.807, 2.05) is 13.8 Å². The number of ether oxygens (including phenoxy) is 1. The minimum Gasteiger partial charge on any atom is -0.463 e. The predicted octanol–water partition coefficient (Wildman–Crippen LogP) is 4.67. The molecule has 1 aromatic carbocycles. The van der Waals surface area contributed by atoms with Gasteiger partial charge in [0.25, 0.3) is 0 Å². The normalized spacial score (nSPS) is 10.5. The molecule has 0 aliphatic carbocycles. The van der Waals surface area contributed by atoms with Crippen LogP contribution in [0.1, 0.15) is 18.9 Å². The van der Waals surface area contributed by atoms with Crippen molar-refractivity contribution < 1.29 is 4.74 Å². The highest BCUT2D eigenvalue weighted by molar-refractivity contribution is 6.35. The standard InChI is InChI=1S/C13H13Cl3N4O/c1-3-4-21-13-19-11(16)18-12(20-13)17-10-6-8(14)7(2)5-9(10)15/h5-6H,3-4H2,1-2H3,(H,17,18,19,20). The van der Waals surface area contributed by atoms with Gasteiger partial charge in [0.15, 0.2) is 0 Å². The molecule has 8 heteroatoms. The maximum atomic E-state index is 6.16. The van der Waals surface area contributed by atoms with Gasteiger partial charge in [0.2, 0.25) is 11.2 Å². The Kier molecular flexibility index (Phi) is 5.45. The summed E-state index contributed by atoms with van der Waals surface area (Å²) in [6.07, 6.45) is 0.839. The summed E-state index contributed by atoms with van der Waals surface area (Å²) in [7, 11) is 0. The Bertz CT molecular complexity index is 652. The van der Waals surface area contributed by atoms with Crippen LogP contribution in [0.2, 0.25) is 15.3 Å². The summed E-state index contributed by atoms with van der Waals surface area (Å²) in [4.78, 5) is 12.0. The number of aromatic nitrogens is 3. The lowest BCUT2D eigenvalue weighted by Crippen LogP contribution is -2.05. The molecular formula is C13H13Cl3N4O. The minimum atomic E-state index is 0.0351. The van der Waals surface area contributed by atoms with Crippen molar-refractivity contribution in [3.63, 3.8) is 0 Å². The quantitative estimate of drug-likeness (QED) is 0.851. The molecule has 0 saturated heterocycles. The van der Waals surface area contributed by atoms with Crippen molar-refractivity contribution in [1.82, 2.24) is 15.0 Å². The topological polar surface area (TPSA) is 59.9 Å². The Morgan fingerprint density at radius 3 is 2.57 bits per heavy atom. The van der Waals surface area contributed by atoms with Crippen molar-refractivity contribution in [1.29, 1.82) is 0 Å². The maximum Gasteiger partial charge on any atom is 0.322 e. The smallest absolute Gasteiger partial charge is 0.322 e. The molecule has 0 saturated carbocycles. The van der Waals surface area contributed by atoms with E-state index in [1.54, 1.807) is 12.1 Å². The molecule has 0 bridgehead atoms. The maximum absolute atomic E-state index is 6.16. The first-order chi connectivity index (χ1) is 9.99. The number of nitrogens with one attached hydrogen (secondary N) is 1. The molecular weight excluding hydrogens is 335 g/mol. The third-order valence-corrected chi connectivity index (χ3v) is 3.41. The van der Waals surface area contributed by atoms with Gasteiger partial charge in [0.1, 0.15) is 0 Å². The number of hydrogen-bond acceptors (Lipinski definition) is 5. The fourth-order valence-corrected chi connectivity index (χ4v) is 2.09. The molecule has 1 heterocycles. The highest BCUT2D eigenvalue weighted by atomic mass is 35.5. The molecule has 1 aromatic heterocycles. The van der Waals surface area contributed by atoms with Crippen LogP contribution in [-0.4, -0.2) is 21.6 Å². The second kappa shape index (κ2) is 7.11. The van der Waals surface area contributed by atoms with Crippen LogP contribution in [-0.2, 0) is 0 Å². The highest BCUT2D eigenvalue weighted by Crippen LogP contribution is 2.30. The zero-order valence-electron chi connectivity index (χ0n) is 11.5. The molecule has 0 spiro atoms. The van der Waals surface area contributed by atoms with Gasteiger partial charge in [-0.1, -0.05) is 30.1 Å². The Morgan fingerprint density at radius 1 is 1.10 bits per heavy atom. The van der Waals surface area contributed by atoms with Crippen molar-refractivity contribution in [3.8, 4) is 6.01 Å². The molecule has 5 nitrogen and oxygen atoms in total. The monoisotopic (exact) mass is 346 g/mol. The molecule has 0 amide bonds. The summed E-state index contributed by atoms with van der Waals surface area (Å²) >= 11 is 18.1. The van der Waals surface area contributed by atoms with E-state index < -0.39 is 0 Å². The Morgan fingerprint density at radius 2 is 1.86 bits per heavy atom. The third kappa shape index (κ3) is 4.33. The van der Waals surface area contributed by atoms with Crippen molar-refractivity contribution in [3.05, 3.63) is 33.0 Å². The summed E-state index contributed by atoms with van der Waals surface area (Å²) in [5.41, 5.74) is 1.46. The SMILES string of the molecule is CCCOc1nc(Cl)nc(Nc2cc(Cl)c(C)cc2Cl)n1. The largest absolute Gasteiger partial charge is 0.463 e. The number of aryl methyl sites for hydroxylation is 1. The first-order valence-corrected chi connectivity index (χ1v) is 7.40. The molecule has 0 fully saturated rings. The minimum absolute atomic E-state index is 0.0351. The molecule has 21 heavy (non-hydrogen) atoms. The van der Waals surface area contributed by atoms with Gasteiger partial charge < -0.3 is 10.1 Å². The van der Waals surface area contributed by atoms with Gasteiger partial charge in [0.05, 0.1) is 17.3 Å². The molecule has 0 aliphatic rings. The Hall–Kier alpha value is -1.30. The molecule has 2 rings (SSSR count). The van der Waals surface area contributed by atoms with Crippen molar-refractivity contribution in [2.45, 2.75) is 20.3 Å². The predicted molar refractivity (Wildman–Crippen MR) is 85.1 cm³/mol. The lowest BCUT2D eigenvalue weighted by Gasteiger charge is -2.10. The number of halogens is 3. The molecule has 112 valence electrons. The van der Waals surface area contributed by atoms with E-state index in [-0.39, 0.29) is 17.2 Å². The molecule has 1 N–H and O–H groups in total. The molecule has 0 atom stereocenters. The number of nitrogens with zero attached hydrogens (tertiary/aromatic N) is 3. The van der Waals surface area contributed by atoms with E-state index in [1.165, 1.54) is 0 Å². The molecule has 2 aromatic rings. The van der Waals surface area contributed by atoms with Crippen molar-refractivity contribution >= 4 is 46.4 Å². The van der Waals surface area contributed by atoms with Crippen LogP contribution >= 0.6 is 34.8 Å². The number of benzene rings is 1. The highest BCUT2D eigenvalue weighted by Gasteiger charge is 2.10. The Balaban J connectivity index is 2.27. The molecule has 0 unspecified atom stereocenters. The average molecular weight is 348 g/mol.